The van der Waals surface area contributed by atoms with Crippen LogP contribution in [0, 0.1) is 0 Å². The van der Waals surface area contributed by atoms with Crippen LogP contribution in [0.3, 0.4) is 0 Å². The number of anilines is 2. The molecule has 0 aromatic heterocycles. The van der Waals surface area contributed by atoms with Crippen molar-refractivity contribution in [1.82, 2.24) is 0 Å². The Hall–Kier alpha value is -1.96. The summed E-state index contributed by atoms with van der Waals surface area (Å²) in [6.07, 6.45) is 0.994. The van der Waals surface area contributed by atoms with Gasteiger partial charge >= 0.3 is 0 Å². The maximum atomic E-state index is 12.3. The second-order valence-corrected chi connectivity index (χ2v) is 8.04. The Balaban J connectivity index is 2.18. The minimum Gasteiger partial charge on any atom is -0.494 e. The SMILES string of the molecule is CCOc1ccc(NC(=O)CN(c2cccc(Cl)c2Cl)S(C)(=O)=O)cc1. The molecule has 9 heteroatoms. The number of amides is 1. The number of ether oxygens (including phenoxy) is 1. The van der Waals surface area contributed by atoms with E-state index in [1.807, 2.05) is 6.92 Å². The number of sulfonamides is 1. The average Bonchev–Trinajstić information content (AvgIpc) is 2.57. The molecule has 1 amide bonds. The van der Waals surface area contributed by atoms with E-state index in [1.165, 1.54) is 12.1 Å². The summed E-state index contributed by atoms with van der Waals surface area (Å²) in [5.74, 6) is 0.157. The summed E-state index contributed by atoms with van der Waals surface area (Å²) >= 11 is 12.1. The molecular formula is C17H18Cl2N2O4S. The monoisotopic (exact) mass is 416 g/mol. The van der Waals surface area contributed by atoms with E-state index >= 15 is 0 Å². The van der Waals surface area contributed by atoms with Crippen molar-refractivity contribution in [2.45, 2.75) is 6.92 Å². The van der Waals surface area contributed by atoms with E-state index in [4.69, 9.17) is 27.9 Å². The summed E-state index contributed by atoms with van der Waals surface area (Å²) in [5, 5.41) is 2.90. The zero-order valence-corrected chi connectivity index (χ0v) is 16.5. The Morgan fingerprint density at radius 2 is 1.81 bits per heavy atom. The molecule has 0 bridgehead atoms. The first-order chi connectivity index (χ1) is 12.2. The van der Waals surface area contributed by atoms with Gasteiger partial charge in [0.1, 0.15) is 12.3 Å². The van der Waals surface area contributed by atoms with Crippen LogP contribution in [0.25, 0.3) is 0 Å². The first kappa shape index (κ1) is 20.4. The van der Waals surface area contributed by atoms with Crippen LogP contribution in [0.15, 0.2) is 42.5 Å². The molecule has 0 spiro atoms. The molecule has 1 N–H and O–H groups in total. The molecule has 0 saturated heterocycles. The van der Waals surface area contributed by atoms with Crippen molar-refractivity contribution in [3.8, 4) is 5.75 Å². The Morgan fingerprint density at radius 1 is 1.15 bits per heavy atom. The van der Waals surface area contributed by atoms with E-state index < -0.39 is 22.5 Å². The smallest absolute Gasteiger partial charge is 0.245 e. The number of rotatable bonds is 7. The van der Waals surface area contributed by atoms with Gasteiger partial charge in [-0.1, -0.05) is 29.3 Å². The number of nitrogens with zero attached hydrogens (tertiary/aromatic N) is 1. The lowest BCUT2D eigenvalue weighted by Gasteiger charge is -2.23. The fraction of sp³-hybridized carbons (Fsp3) is 0.235. The summed E-state index contributed by atoms with van der Waals surface area (Å²) in [5.41, 5.74) is 0.660. The van der Waals surface area contributed by atoms with Crippen LogP contribution in [0.2, 0.25) is 10.0 Å². The largest absolute Gasteiger partial charge is 0.494 e. The van der Waals surface area contributed by atoms with Crippen molar-refractivity contribution in [2.24, 2.45) is 0 Å². The van der Waals surface area contributed by atoms with Crippen LogP contribution in [0.1, 0.15) is 6.92 Å². The number of carbonyl (C=O) groups is 1. The summed E-state index contributed by atoms with van der Waals surface area (Å²) in [7, 11) is -3.75. The van der Waals surface area contributed by atoms with Gasteiger partial charge in [-0.25, -0.2) is 8.42 Å². The number of carbonyl (C=O) groups excluding carboxylic acids is 1. The third-order valence-corrected chi connectivity index (χ3v) is 5.27. The second-order valence-electron chi connectivity index (χ2n) is 5.35. The lowest BCUT2D eigenvalue weighted by atomic mass is 10.3. The fourth-order valence-electron chi connectivity index (χ4n) is 2.20. The van der Waals surface area contributed by atoms with E-state index in [1.54, 1.807) is 30.3 Å². The van der Waals surface area contributed by atoms with E-state index in [0.717, 1.165) is 10.6 Å². The first-order valence-electron chi connectivity index (χ1n) is 7.66. The van der Waals surface area contributed by atoms with Crippen LogP contribution >= 0.6 is 23.2 Å². The minimum absolute atomic E-state index is 0.0634. The van der Waals surface area contributed by atoms with Crippen molar-refractivity contribution in [2.75, 3.05) is 29.0 Å². The number of hydrogen-bond acceptors (Lipinski definition) is 4. The molecule has 0 atom stereocenters. The Bertz CT molecular complexity index is 886. The summed E-state index contributed by atoms with van der Waals surface area (Å²) < 4.78 is 30.5. The summed E-state index contributed by atoms with van der Waals surface area (Å²) in [4.78, 5) is 12.3. The predicted octanol–water partition coefficient (Wildman–Crippen LogP) is 3.80. The maximum Gasteiger partial charge on any atom is 0.245 e. The molecule has 2 rings (SSSR count). The van der Waals surface area contributed by atoms with Gasteiger partial charge in [-0.15, -0.1) is 0 Å². The van der Waals surface area contributed by atoms with Gasteiger partial charge in [-0.2, -0.15) is 0 Å². The third kappa shape index (κ3) is 5.27. The van der Waals surface area contributed by atoms with Gasteiger partial charge in [0.2, 0.25) is 15.9 Å². The Labute approximate surface area is 162 Å². The zero-order valence-electron chi connectivity index (χ0n) is 14.2. The molecule has 0 unspecified atom stereocenters. The van der Waals surface area contributed by atoms with Gasteiger partial charge in [0.25, 0.3) is 0 Å². The Kier molecular flexibility index (Phi) is 6.75. The van der Waals surface area contributed by atoms with E-state index in [9.17, 15) is 13.2 Å². The summed E-state index contributed by atoms with van der Waals surface area (Å²) in [6, 6.07) is 11.3. The van der Waals surface area contributed by atoms with E-state index in [2.05, 4.69) is 5.32 Å². The van der Waals surface area contributed by atoms with Crippen molar-refractivity contribution in [3.05, 3.63) is 52.5 Å². The van der Waals surface area contributed by atoms with E-state index in [0.29, 0.717) is 18.0 Å². The molecule has 0 aliphatic carbocycles. The highest BCUT2D eigenvalue weighted by Crippen LogP contribution is 2.33. The van der Waals surface area contributed by atoms with Crippen LogP contribution in [0.5, 0.6) is 5.75 Å². The number of hydrogen-bond donors (Lipinski definition) is 1. The molecule has 2 aromatic rings. The standard InChI is InChI=1S/C17H18Cl2N2O4S/c1-3-25-13-9-7-12(8-10-13)20-16(22)11-21(26(2,23)24)15-6-4-5-14(18)17(15)19/h4-10H,3,11H2,1-2H3,(H,20,22). The average molecular weight is 417 g/mol. The molecule has 0 saturated carbocycles. The van der Waals surface area contributed by atoms with Gasteiger partial charge in [-0.05, 0) is 43.3 Å². The van der Waals surface area contributed by atoms with Gasteiger partial charge in [-0.3, -0.25) is 9.10 Å². The molecule has 0 aliphatic heterocycles. The van der Waals surface area contributed by atoms with Crippen LogP contribution in [-0.2, 0) is 14.8 Å². The lowest BCUT2D eigenvalue weighted by Crippen LogP contribution is -2.37. The van der Waals surface area contributed by atoms with Crippen molar-refractivity contribution in [1.29, 1.82) is 0 Å². The fourth-order valence-corrected chi connectivity index (χ4v) is 3.51. The predicted molar refractivity (Wildman–Crippen MR) is 105 cm³/mol. The van der Waals surface area contributed by atoms with Gasteiger partial charge in [0.05, 0.1) is 28.6 Å². The Morgan fingerprint density at radius 3 is 2.38 bits per heavy atom. The number of halogens is 2. The minimum atomic E-state index is -3.75. The molecule has 0 fully saturated rings. The molecule has 6 nitrogen and oxygen atoms in total. The second kappa shape index (κ2) is 8.62. The molecular weight excluding hydrogens is 399 g/mol. The molecule has 0 aliphatic rings. The van der Waals surface area contributed by atoms with Crippen molar-refractivity contribution >= 4 is 50.5 Å². The topological polar surface area (TPSA) is 75.7 Å². The highest BCUT2D eigenvalue weighted by Gasteiger charge is 2.24. The number of benzene rings is 2. The third-order valence-electron chi connectivity index (χ3n) is 3.34. The van der Waals surface area contributed by atoms with E-state index in [-0.39, 0.29) is 15.7 Å². The van der Waals surface area contributed by atoms with Crippen molar-refractivity contribution in [3.63, 3.8) is 0 Å². The summed E-state index contributed by atoms with van der Waals surface area (Å²) in [6.45, 7) is 1.97. The normalized spacial score (nSPS) is 11.1. The lowest BCUT2D eigenvalue weighted by molar-refractivity contribution is -0.114. The van der Waals surface area contributed by atoms with Gasteiger partial charge < -0.3 is 10.1 Å². The molecule has 26 heavy (non-hydrogen) atoms. The number of nitrogens with one attached hydrogen (secondary N) is 1. The van der Waals surface area contributed by atoms with Gasteiger partial charge in [0.15, 0.2) is 0 Å². The highest BCUT2D eigenvalue weighted by molar-refractivity contribution is 7.92. The van der Waals surface area contributed by atoms with Gasteiger partial charge in [0, 0.05) is 5.69 Å². The zero-order chi connectivity index (χ0) is 19.3. The first-order valence-corrected chi connectivity index (χ1v) is 10.3. The molecule has 0 heterocycles. The van der Waals surface area contributed by atoms with Crippen LogP contribution in [-0.4, -0.2) is 33.7 Å². The molecule has 0 radical (unpaired) electrons. The van der Waals surface area contributed by atoms with Crippen molar-refractivity contribution < 1.29 is 17.9 Å². The highest BCUT2D eigenvalue weighted by atomic mass is 35.5. The molecule has 2 aromatic carbocycles. The molecule has 140 valence electrons. The van der Waals surface area contributed by atoms with Crippen LogP contribution in [0.4, 0.5) is 11.4 Å². The van der Waals surface area contributed by atoms with Crippen LogP contribution < -0.4 is 14.4 Å². The quantitative estimate of drug-likeness (QED) is 0.744. The maximum absolute atomic E-state index is 12.3.